The van der Waals surface area contributed by atoms with Crippen molar-refractivity contribution < 1.29 is 27.4 Å². The van der Waals surface area contributed by atoms with Gasteiger partial charge in [0.25, 0.3) is 0 Å². The van der Waals surface area contributed by atoms with E-state index in [0.29, 0.717) is 55.7 Å². The number of nitrogens with zero attached hydrogens (tertiary/aromatic N) is 2. The molecule has 1 aliphatic heterocycles. The molecule has 3 aromatic rings. The smallest absolute Gasteiger partial charge is 0.337 e. The average molecular weight is 559 g/mol. The van der Waals surface area contributed by atoms with Gasteiger partial charge in [0.15, 0.2) is 0 Å². The summed E-state index contributed by atoms with van der Waals surface area (Å²) in [6, 6.07) is 21.2. The lowest BCUT2D eigenvalue weighted by atomic mass is 10.1. The topological polar surface area (TPSA) is 85.4 Å². The van der Waals surface area contributed by atoms with E-state index < -0.39 is 10.0 Å². The fraction of sp³-hybridized carbons (Fsp3) is 0.321. The van der Waals surface area contributed by atoms with Crippen molar-refractivity contribution in [3.05, 3.63) is 94.5 Å². The van der Waals surface area contributed by atoms with Crippen LogP contribution in [0.3, 0.4) is 0 Å². The van der Waals surface area contributed by atoms with Crippen LogP contribution in [0.15, 0.2) is 77.7 Å². The quantitative estimate of drug-likeness (QED) is 0.341. The number of sulfonamides is 1. The molecule has 1 heterocycles. The Morgan fingerprint density at radius 1 is 0.947 bits per heavy atom. The highest BCUT2D eigenvalue weighted by atomic mass is 35.5. The minimum atomic E-state index is -3.61. The van der Waals surface area contributed by atoms with Crippen LogP contribution in [0.25, 0.3) is 0 Å². The molecule has 0 amide bonds. The van der Waals surface area contributed by atoms with Crippen LogP contribution in [0.5, 0.6) is 5.75 Å². The number of ether oxygens (including phenoxy) is 3. The first-order chi connectivity index (χ1) is 18.3. The molecule has 1 aliphatic rings. The van der Waals surface area contributed by atoms with Gasteiger partial charge in [0, 0.05) is 43.8 Å². The number of carbonyl (C=O) groups excluding carboxylic acids is 1. The summed E-state index contributed by atoms with van der Waals surface area (Å²) in [5.41, 5.74) is 2.38. The van der Waals surface area contributed by atoms with Crippen molar-refractivity contribution in [3.8, 4) is 5.75 Å². The molecule has 0 aliphatic carbocycles. The first-order valence-electron chi connectivity index (χ1n) is 12.2. The second kappa shape index (κ2) is 12.7. The largest absolute Gasteiger partial charge is 0.497 e. The van der Waals surface area contributed by atoms with Gasteiger partial charge in [-0.1, -0.05) is 41.9 Å². The van der Waals surface area contributed by atoms with Gasteiger partial charge < -0.3 is 14.2 Å². The van der Waals surface area contributed by atoms with Crippen LogP contribution in [0, 0.1) is 0 Å². The lowest BCUT2D eigenvalue weighted by Crippen LogP contribution is -2.49. The Kier molecular flexibility index (Phi) is 9.40. The second-order valence-electron chi connectivity index (χ2n) is 8.92. The molecule has 0 spiro atoms. The molecule has 3 aromatic carbocycles. The highest BCUT2D eigenvalue weighted by Crippen LogP contribution is 2.25. The van der Waals surface area contributed by atoms with Gasteiger partial charge in [-0.2, -0.15) is 4.31 Å². The molecule has 10 heteroatoms. The number of esters is 1. The van der Waals surface area contributed by atoms with Gasteiger partial charge in [-0.3, -0.25) is 4.90 Å². The van der Waals surface area contributed by atoms with Crippen molar-refractivity contribution in [2.45, 2.75) is 17.6 Å². The second-order valence-corrected chi connectivity index (χ2v) is 11.3. The fourth-order valence-corrected chi connectivity index (χ4v) is 5.86. The SMILES string of the molecule is COC(=O)c1ccc(COC(CN2CCN(S(=O)(=O)c3cccc(OC)c3)CC2)c2ccc(Cl)cc2)cc1. The van der Waals surface area contributed by atoms with Crippen molar-refractivity contribution in [3.63, 3.8) is 0 Å². The summed E-state index contributed by atoms with van der Waals surface area (Å²) in [5, 5.41) is 0.641. The Hall–Kier alpha value is -2.95. The normalized spacial score (nSPS) is 15.7. The van der Waals surface area contributed by atoms with E-state index in [1.807, 2.05) is 36.4 Å². The maximum absolute atomic E-state index is 13.2. The predicted octanol–water partition coefficient (Wildman–Crippen LogP) is 4.40. The van der Waals surface area contributed by atoms with E-state index in [9.17, 15) is 13.2 Å². The monoisotopic (exact) mass is 558 g/mol. The van der Waals surface area contributed by atoms with Gasteiger partial charge in [0.05, 0.1) is 37.4 Å². The van der Waals surface area contributed by atoms with E-state index in [4.69, 9.17) is 25.8 Å². The molecule has 1 saturated heterocycles. The van der Waals surface area contributed by atoms with E-state index in [-0.39, 0.29) is 17.0 Å². The number of rotatable bonds is 10. The number of halogens is 1. The number of hydrogen-bond donors (Lipinski definition) is 0. The molecule has 202 valence electrons. The Bertz CT molecular complexity index is 1320. The molecule has 8 nitrogen and oxygen atoms in total. The van der Waals surface area contributed by atoms with Crippen LogP contribution in [-0.2, 0) is 26.1 Å². The summed E-state index contributed by atoms with van der Waals surface area (Å²) in [6.07, 6.45) is -0.255. The Morgan fingerprint density at radius 3 is 2.26 bits per heavy atom. The Morgan fingerprint density at radius 2 is 1.63 bits per heavy atom. The Labute approximate surface area is 228 Å². The minimum Gasteiger partial charge on any atom is -0.497 e. The standard InChI is InChI=1S/C28H31ClN2O6S/c1-35-25-4-3-5-26(18-25)38(33,34)31-16-14-30(15-17-31)19-27(22-10-12-24(29)13-11-22)37-20-21-6-8-23(9-7-21)28(32)36-2/h3-13,18,27H,14-17,19-20H2,1-2H3. The number of hydrogen-bond acceptors (Lipinski definition) is 7. The third-order valence-electron chi connectivity index (χ3n) is 6.50. The molecular formula is C28H31ClN2O6S. The molecule has 0 bridgehead atoms. The van der Waals surface area contributed by atoms with Crippen LogP contribution >= 0.6 is 11.6 Å². The van der Waals surface area contributed by atoms with Crippen molar-refractivity contribution in [2.24, 2.45) is 0 Å². The zero-order valence-corrected chi connectivity index (χ0v) is 23.0. The molecule has 0 N–H and O–H groups in total. The Balaban J connectivity index is 1.41. The first kappa shape index (κ1) is 28.1. The van der Waals surface area contributed by atoms with Crippen molar-refractivity contribution in [1.29, 1.82) is 0 Å². The summed E-state index contributed by atoms with van der Waals surface area (Å²) in [5.74, 6) is 0.122. The average Bonchev–Trinajstić information content (AvgIpc) is 2.96. The molecule has 1 atom stereocenters. The van der Waals surface area contributed by atoms with E-state index >= 15 is 0 Å². The van der Waals surface area contributed by atoms with Crippen LogP contribution in [0.2, 0.25) is 5.02 Å². The van der Waals surface area contributed by atoms with E-state index in [0.717, 1.165) is 11.1 Å². The molecule has 0 aromatic heterocycles. The molecule has 0 radical (unpaired) electrons. The van der Waals surface area contributed by atoms with Crippen LogP contribution in [0.1, 0.15) is 27.6 Å². The van der Waals surface area contributed by atoms with E-state index in [2.05, 4.69) is 4.90 Å². The molecule has 1 fully saturated rings. The van der Waals surface area contributed by atoms with Gasteiger partial charge in [-0.25, -0.2) is 13.2 Å². The van der Waals surface area contributed by atoms with Crippen LogP contribution in [0.4, 0.5) is 0 Å². The zero-order chi connectivity index (χ0) is 27.1. The lowest BCUT2D eigenvalue weighted by Gasteiger charge is -2.36. The summed E-state index contributed by atoms with van der Waals surface area (Å²) >= 11 is 6.10. The number of benzene rings is 3. The number of piperazine rings is 1. The van der Waals surface area contributed by atoms with Gasteiger partial charge in [-0.15, -0.1) is 0 Å². The molecule has 1 unspecified atom stereocenters. The van der Waals surface area contributed by atoms with Gasteiger partial charge in [0.1, 0.15) is 5.75 Å². The molecule has 4 rings (SSSR count). The summed E-state index contributed by atoms with van der Waals surface area (Å²) < 4.78 is 44.1. The summed E-state index contributed by atoms with van der Waals surface area (Å²) in [4.78, 5) is 14.1. The minimum absolute atomic E-state index is 0.228. The maximum Gasteiger partial charge on any atom is 0.337 e. The van der Waals surface area contributed by atoms with Crippen LogP contribution in [-0.4, -0.2) is 70.5 Å². The highest BCUT2D eigenvalue weighted by molar-refractivity contribution is 7.89. The summed E-state index contributed by atoms with van der Waals surface area (Å²) in [7, 11) is -0.747. The maximum atomic E-state index is 13.2. The van der Waals surface area contributed by atoms with Crippen molar-refractivity contribution >= 4 is 27.6 Å². The summed E-state index contributed by atoms with van der Waals surface area (Å²) in [6.45, 7) is 2.84. The lowest BCUT2D eigenvalue weighted by molar-refractivity contribution is 0.00771. The van der Waals surface area contributed by atoms with Gasteiger partial charge in [0.2, 0.25) is 10.0 Å². The predicted molar refractivity (Wildman–Crippen MR) is 145 cm³/mol. The van der Waals surface area contributed by atoms with E-state index in [1.54, 1.807) is 36.4 Å². The van der Waals surface area contributed by atoms with Gasteiger partial charge in [-0.05, 0) is 47.5 Å². The van der Waals surface area contributed by atoms with Crippen molar-refractivity contribution in [2.75, 3.05) is 46.9 Å². The third kappa shape index (κ3) is 6.92. The number of carbonyl (C=O) groups is 1. The van der Waals surface area contributed by atoms with E-state index in [1.165, 1.54) is 18.5 Å². The van der Waals surface area contributed by atoms with Crippen molar-refractivity contribution in [1.82, 2.24) is 9.21 Å². The zero-order valence-electron chi connectivity index (χ0n) is 21.4. The molecule has 0 saturated carbocycles. The fourth-order valence-electron chi connectivity index (χ4n) is 4.28. The van der Waals surface area contributed by atoms with Gasteiger partial charge >= 0.3 is 5.97 Å². The first-order valence-corrected chi connectivity index (χ1v) is 14.0. The third-order valence-corrected chi connectivity index (χ3v) is 8.65. The molecule has 38 heavy (non-hydrogen) atoms. The highest BCUT2D eigenvalue weighted by Gasteiger charge is 2.30. The van der Waals surface area contributed by atoms with Crippen LogP contribution < -0.4 is 4.74 Å². The number of methoxy groups -OCH3 is 2. The molecular weight excluding hydrogens is 528 g/mol.